The summed E-state index contributed by atoms with van der Waals surface area (Å²) in [5.41, 5.74) is 0. The van der Waals surface area contributed by atoms with E-state index < -0.39 is 0 Å². The lowest BCUT2D eigenvalue weighted by atomic mass is 10.5. The second kappa shape index (κ2) is 63.3. The monoisotopic (exact) mass is 187 g/mol. The number of hydrogen-bond donors (Lipinski definition) is 1. The minimum Gasteiger partial charge on any atom is -0.317 e. The largest absolute Gasteiger partial charge is 0.317 e. The van der Waals surface area contributed by atoms with Crippen molar-refractivity contribution in [2.75, 3.05) is 13.1 Å². The van der Waals surface area contributed by atoms with Gasteiger partial charge >= 0.3 is 0 Å². The van der Waals surface area contributed by atoms with Gasteiger partial charge in [0, 0.05) is 0 Å². The quantitative estimate of drug-likeness (QED) is 0.519. The van der Waals surface area contributed by atoms with Crippen molar-refractivity contribution in [1.82, 2.24) is 5.32 Å². The second-order valence-electron chi connectivity index (χ2n) is 1.76. The molecule has 0 fully saturated rings. The minimum absolute atomic E-state index is 1.10. The smallest absolute Gasteiger partial charge is 0.00517 e. The van der Waals surface area contributed by atoms with Gasteiger partial charge < -0.3 is 5.32 Å². The predicted octanol–water partition coefficient (Wildman–Crippen LogP) is 4.03. The average molecular weight is 187 g/mol. The van der Waals surface area contributed by atoms with Crippen molar-refractivity contribution < 1.29 is 0 Å². The Kier molecular flexibility index (Phi) is 111. The number of hydrogen-bond acceptors (Lipinski definition) is 1. The molecule has 0 aliphatic rings. The van der Waals surface area contributed by atoms with Crippen LogP contribution in [0, 0.1) is 0 Å². The van der Waals surface area contributed by atoms with Crippen molar-refractivity contribution in [3.8, 4) is 0 Å². The fourth-order valence-electron chi connectivity index (χ4n) is 0.354. The van der Waals surface area contributed by atoms with Crippen LogP contribution in [-0.2, 0) is 0 Å². The van der Waals surface area contributed by atoms with Crippen molar-refractivity contribution in [3.63, 3.8) is 0 Å². The van der Waals surface area contributed by atoms with Crippen LogP contribution in [-0.4, -0.2) is 13.1 Å². The Hall–Kier alpha value is -0.560. The summed E-state index contributed by atoms with van der Waals surface area (Å²) in [6.45, 7) is 21.8. The van der Waals surface area contributed by atoms with Crippen molar-refractivity contribution in [2.24, 2.45) is 0 Å². The average Bonchev–Trinajstić information content (AvgIpc) is 2.22. The van der Waals surface area contributed by atoms with E-state index in [1.54, 1.807) is 6.08 Å². The minimum atomic E-state index is 1.10. The standard InChI is InChI=1S/C5H13N.C3H6.C2H6.C2H4/c1-3-5-6-4-2;1-3-2;2*1-2/h6H,3-5H2,1-2H3;3H,1H2,2H3;1-2H3;1-2H2. The lowest BCUT2D eigenvalue weighted by Crippen LogP contribution is -2.12. The van der Waals surface area contributed by atoms with Crippen LogP contribution in [0.4, 0.5) is 0 Å². The fourth-order valence-corrected chi connectivity index (χ4v) is 0.354. The molecule has 0 heterocycles. The molecule has 0 aliphatic heterocycles. The van der Waals surface area contributed by atoms with Gasteiger partial charge in [0.25, 0.3) is 0 Å². The summed E-state index contributed by atoms with van der Waals surface area (Å²) in [5.74, 6) is 0. The van der Waals surface area contributed by atoms with Crippen LogP contribution in [0.1, 0.15) is 41.0 Å². The zero-order chi connectivity index (χ0) is 11.5. The molecule has 0 radical (unpaired) electrons. The molecule has 1 nitrogen and oxygen atoms in total. The maximum Gasteiger partial charge on any atom is -0.00517 e. The summed E-state index contributed by atoms with van der Waals surface area (Å²) >= 11 is 0. The van der Waals surface area contributed by atoms with E-state index in [4.69, 9.17) is 0 Å². The van der Waals surface area contributed by atoms with Gasteiger partial charge in [-0.05, 0) is 26.4 Å². The first-order valence-corrected chi connectivity index (χ1v) is 5.11. The molecule has 0 aliphatic carbocycles. The van der Waals surface area contributed by atoms with E-state index in [1.807, 2.05) is 20.8 Å². The Morgan fingerprint density at radius 2 is 1.46 bits per heavy atom. The Morgan fingerprint density at radius 1 is 1.15 bits per heavy atom. The summed E-state index contributed by atoms with van der Waals surface area (Å²) in [6.07, 6.45) is 2.99. The van der Waals surface area contributed by atoms with Gasteiger partial charge in [0.1, 0.15) is 0 Å². The molecule has 0 saturated heterocycles. The molecule has 0 saturated carbocycles. The first kappa shape index (κ1) is 22.9. The second-order valence-corrected chi connectivity index (χ2v) is 1.76. The highest BCUT2D eigenvalue weighted by molar-refractivity contribution is 4.51. The molecule has 0 aromatic carbocycles. The molecule has 0 atom stereocenters. The van der Waals surface area contributed by atoms with Crippen LogP contribution in [0.3, 0.4) is 0 Å². The SMILES string of the molecule is C=C.C=CC.CC.CCCNCC. The zero-order valence-corrected chi connectivity index (χ0v) is 10.3. The Morgan fingerprint density at radius 3 is 1.54 bits per heavy atom. The molecule has 1 heteroatoms. The van der Waals surface area contributed by atoms with Gasteiger partial charge in [-0.2, -0.15) is 0 Å². The maximum absolute atomic E-state index is 3.36. The molecule has 0 bridgehead atoms. The van der Waals surface area contributed by atoms with Crippen LogP contribution in [0.5, 0.6) is 0 Å². The molecule has 0 aromatic rings. The third-order valence-electron chi connectivity index (χ3n) is 0.677. The van der Waals surface area contributed by atoms with Crippen molar-refractivity contribution in [1.29, 1.82) is 0 Å². The lowest BCUT2D eigenvalue weighted by molar-refractivity contribution is 0.703. The van der Waals surface area contributed by atoms with E-state index in [2.05, 4.69) is 38.9 Å². The molecule has 0 unspecified atom stereocenters. The highest BCUT2D eigenvalue weighted by atomic mass is 14.8. The van der Waals surface area contributed by atoms with Crippen LogP contribution in [0.15, 0.2) is 25.8 Å². The van der Waals surface area contributed by atoms with E-state index in [1.165, 1.54) is 6.42 Å². The highest BCUT2D eigenvalue weighted by Crippen LogP contribution is 1.65. The summed E-state index contributed by atoms with van der Waals surface area (Å²) in [6, 6.07) is 0. The molecule has 1 N–H and O–H groups in total. The van der Waals surface area contributed by atoms with Gasteiger partial charge in [-0.15, -0.1) is 19.7 Å². The van der Waals surface area contributed by atoms with E-state index in [9.17, 15) is 0 Å². The van der Waals surface area contributed by atoms with Crippen molar-refractivity contribution >= 4 is 0 Å². The molecule has 0 spiro atoms. The molecule has 82 valence electrons. The van der Waals surface area contributed by atoms with Gasteiger partial charge in [0.2, 0.25) is 0 Å². The highest BCUT2D eigenvalue weighted by Gasteiger charge is 1.71. The van der Waals surface area contributed by atoms with Crippen molar-refractivity contribution in [2.45, 2.75) is 41.0 Å². The molecular weight excluding hydrogens is 158 g/mol. The van der Waals surface area contributed by atoms with Crippen molar-refractivity contribution in [3.05, 3.63) is 25.8 Å². The molecule has 0 rings (SSSR count). The summed E-state index contributed by atoms with van der Waals surface area (Å²) in [7, 11) is 0. The number of allylic oxidation sites excluding steroid dienone is 1. The normalized spacial score (nSPS) is 5.92. The van der Waals surface area contributed by atoms with Crippen LogP contribution in [0.2, 0.25) is 0 Å². The molecular formula is C12H29N. The number of rotatable bonds is 3. The van der Waals surface area contributed by atoms with Crippen LogP contribution < -0.4 is 5.32 Å². The molecule has 13 heavy (non-hydrogen) atoms. The van der Waals surface area contributed by atoms with Gasteiger partial charge in [0.15, 0.2) is 0 Å². The predicted molar refractivity (Wildman–Crippen MR) is 67.3 cm³/mol. The third-order valence-corrected chi connectivity index (χ3v) is 0.677. The van der Waals surface area contributed by atoms with Crippen LogP contribution >= 0.6 is 0 Å². The van der Waals surface area contributed by atoms with E-state index in [0.29, 0.717) is 0 Å². The fraction of sp³-hybridized carbons (Fsp3) is 0.667. The molecule has 0 amide bonds. The number of nitrogens with one attached hydrogen (secondary N) is 1. The van der Waals surface area contributed by atoms with Gasteiger partial charge in [-0.25, -0.2) is 0 Å². The van der Waals surface area contributed by atoms with Gasteiger partial charge in [-0.3, -0.25) is 0 Å². The first-order valence-electron chi connectivity index (χ1n) is 5.11. The van der Waals surface area contributed by atoms with E-state index >= 15 is 0 Å². The van der Waals surface area contributed by atoms with E-state index in [-0.39, 0.29) is 0 Å². The lowest BCUT2D eigenvalue weighted by Gasteiger charge is -1.91. The summed E-state index contributed by atoms with van der Waals surface area (Å²) in [5, 5.41) is 3.20. The Labute approximate surface area is 85.9 Å². The third kappa shape index (κ3) is 171. The van der Waals surface area contributed by atoms with Gasteiger partial charge in [-0.1, -0.05) is 33.8 Å². The first-order chi connectivity index (χ1) is 6.33. The zero-order valence-electron chi connectivity index (χ0n) is 10.3. The summed E-state index contributed by atoms with van der Waals surface area (Å²) < 4.78 is 0. The topological polar surface area (TPSA) is 12.0 Å². The van der Waals surface area contributed by atoms with Gasteiger partial charge in [0.05, 0.1) is 0 Å². The Bertz CT molecular complexity index is 47.1. The molecule has 0 aromatic heterocycles. The van der Waals surface area contributed by atoms with E-state index in [0.717, 1.165) is 13.1 Å². The maximum atomic E-state index is 3.36. The summed E-state index contributed by atoms with van der Waals surface area (Å²) in [4.78, 5) is 0. The van der Waals surface area contributed by atoms with Crippen LogP contribution in [0.25, 0.3) is 0 Å². The Balaban J connectivity index is -0.0000000493.